The van der Waals surface area contributed by atoms with Crippen molar-refractivity contribution in [2.45, 2.75) is 19.4 Å². The minimum atomic E-state index is -0.926. The predicted molar refractivity (Wildman–Crippen MR) is 70.9 cm³/mol. The highest BCUT2D eigenvalue weighted by atomic mass is 79.9. The number of carboxylic acid groups (broad SMARTS) is 1. The number of halogens is 1. The molecule has 0 aromatic heterocycles. The minimum absolute atomic E-state index is 0.0394. The fourth-order valence-electron chi connectivity index (χ4n) is 1.68. The highest BCUT2D eigenvalue weighted by Gasteiger charge is 2.23. The lowest BCUT2D eigenvalue weighted by atomic mass is 10.1. The van der Waals surface area contributed by atoms with Gasteiger partial charge in [-0.25, -0.2) is 4.79 Å². The molecule has 18 heavy (non-hydrogen) atoms. The van der Waals surface area contributed by atoms with Gasteiger partial charge in [0.1, 0.15) is 6.04 Å². The van der Waals surface area contributed by atoms with Gasteiger partial charge in [-0.3, -0.25) is 10.1 Å². The fraction of sp³-hybridized carbons (Fsp3) is 0.364. The monoisotopic (exact) mass is 316 g/mol. The molecular weight excluding hydrogens is 304 g/mol. The number of aliphatic carboxylic acids is 1. The smallest absolute Gasteiger partial charge is 0.326 e. The van der Waals surface area contributed by atoms with Gasteiger partial charge in [0.15, 0.2) is 0 Å². The molecule has 1 aromatic carbocycles. The van der Waals surface area contributed by atoms with Gasteiger partial charge in [-0.15, -0.1) is 0 Å². The molecule has 0 saturated carbocycles. The number of benzene rings is 1. The molecule has 0 radical (unpaired) electrons. The summed E-state index contributed by atoms with van der Waals surface area (Å²) in [5, 5.41) is 19.7. The Bertz CT molecular complexity index is 478. The van der Waals surface area contributed by atoms with Crippen molar-refractivity contribution in [3.63, 3.8) is 0 Å². The van der Waals surface area contributed by atoms with Crippen LogP contribution in [0.3, 0.4) is 0 Å². The first kappa shape index (κ1) is 14.4. The van der Waals surface area contributed by atoms with E-state index in [0.717, 1.165) is 0 Å². The molecule has 0 amide bonds. The Labute approximate surface area is 112 Å². The van der Waals surface area contributed by atoms with E-state index in [4.69, 9.17) is 5.11 Å². The van der Waals surface area contributed by atoms with Gasteiger partial charge in [-0.05, 0) is 28.4 Å². The van der Waals surface area contributed by atoms with Crippen LogP contribution in [0.5, 0.6) is 0 Å². The third-order valence-electron chi connectivity index (χ3n) is 2.66. The van der Waals surface area contributed by atoms with Crippen molar-refractivity contribution >= 4 is 33.3 Å². The second kappa shape index (κ2) is 5.81. The number of likely N-dealkylation sites (N-methyl/N-ethyl adjacent to an activating group) is 1. The second-order valence-corrected chi connectivity index (χ2v) is 4.62. The molecule has 6 nitrogen and oxygen atoms in total. The molecule has 0 aliphatic heterocycles. The van der Waals surface area contributed by atoms with Crippen LogP contribution in [-0.4, -0.2) is 29.1 Å². The maximum Gasteiger partial charge on any atom is 0.326 e. The number of nitro benzene ring substituents is 1. The largest absolute Gasteiger partial charge is 0.480 e. The Hall–Kier alpha value is -1.63. The summed E-state index contributed by atoms with van der Waals surface area (Å²) in [4.78, 5) is 22.8. The number of anilines is 1. The van der Waals surface area contributed by atoms with Crippen LogP contribution in [0.1, 0.15) is 13.3 Å². The normalized spacial score (nSPS) is 11.9. The van der Waals surface area contributed by atoms with Crippen molar-refractivity contribution in [3.8, 4) is 0 Å². The van der Waals surface area contributed by atoms with Crippen molar-refractivity contribution in [2.24, 2.45) is 0 Å². The van der Waals surface area contributed by atoms with E-state index in [-0.39, 0.29) is 5.69 Å². The van der Waals surface area contributed by atoms with Gasteiger partial charge in [0.2, 0.25) is 0 Å². The number of hydrogen-bond acceptors (Lipinski definition) is 4. The zero-order valence-electron chi connectivity index (χ0n) is 9.96. The van der Waals surface area contributed by atoms with E-state index in [1.54, 1.807) is 18.9 Å². The lowest BCUT2D eigenvalue weighted by molar-refractivity contribution is -0.384. The molecule has 0 aliphatic carbocycles. The SMILES string of the molecule is CCC(C(=O)O)N(C)c1ccc([N+](=O)[O-])cc1Br. The molecule has 1 N–H and O–H groups in total. The van der Waals surface area contributed by atoms with Crippen molar-refractivity contribution in [2.75, 3.05) is 11.9 Å². The highest BCUT2D eigenvalue weighted by molar-refractivity contribution is 9.10. The number of non-ortho nitro benzene ring substituents is 1. The average Bonchev–Trinajstić information content (AvgIpc) is 2.28. The van der Waals surface area contributed by atoms with E-state index in [2.05, 4.69) is 15.9 Å². The molecular formula is C11H13BrN2O4. The van der Waals surface area contributed by atoms with E-state index in [9.17, 15) is 14.9 Å². The van der Waals surface area contributed by atoms with E-state index in [1.807, 2.05) is 0 Å². The summed E-state index contributed by atoms with van der Waals surface area (Å²) in [7, 11) is 1.65. The fourth-order valence-corrected chi connectivity index (χ4v) is 2.32. The van der Waals surface area contributed by atoms with E-state index in [0.29, 0.717) is 16.6 Å². The number of rotatable bonds is 5. The molecule has 1 atom stereocenters. The minimum Gasteiger partial charge on any atom is -0.480 e. The zero-order valence-corrected chi connectivity index (χ0v) is 11.5. The quantitative estimate of drug-likeness (QED) is 0.667. The van der Waals surface area contributed by atoms with Gasteiger partial charge in [0, 0.05) is 23.7 Å². The molecule has 0 bridgehead atoms. The Morgan fingerprint density at radius 2 is 2.22 bits per heavy atom. The first-order chi connectivity index (χ1) is 8.38. The summed E-state index contributed by atoms with van der Waals surface area (Å²) < 4.78 is 0.499. The summed E-state index contributed by atoms with van der Waals surface area (Å²) in [6.07, 6.45) is 0.440. The molecule has 0 aliphatic rings. The van der Waals surface area contributed by atoms with Gasteiger partial charge in [0.05, 0.1) is 10.6 Å². The lowest BCUT2D eigenvalue weighted by Gasteiger charge is -2.26. The second-order valence-electron chi connectivity index (χ2n) is 3.77. The standard InChI is InChI=1S/C11H13BrN2O4/c1-3-9(11(15)16)13(2)10-5-4-7(14(17)18)6-8(10)12/h4-6,9H,3H2,1-2H3,(H,15,16). The first-order valence-corrected chi connectivity index (χ1v) is 6.07. The molecule has 0 fully saturated rings. The Morgan fingerprint density at radius 1 is 1.61 bits per heavy atom. The number of nitro groups is 1. The van der Waals surface area contributed by atoms with Gasteiger partial charge >= 0.3 is 5.97 Å². The summed E-state index contributed by atoms with van der Waals surface area (Å²) in [5.41, 5.74) is 0.567. The third kappa shape index (κ3) is 2.98. The molecule has 1 aromatic rings. The highest BCUT2D eigenvalue weighted by Crippen LogP contribution is 2.30. The number of hydrogen-bond donors (Lipinski definition) is 1. The lowest BCUT2D eigenvalue weighted by Crippen LogP contribution is -2.38. The Kier molecular flexibility index (Phi) is 4.66. The summed E-state index contributed by atoms with van der Waals surface area (Å²) >= 11 is 3.22. The average molecular weight is 317 g/mol. The molecule has 1 rings (SSSR count). The Morgan fingerprint density at radius 3 is 2.61 bits per heavy atom. The van der Waals surface area contributed by atoms with E-state index in [1.165, 1.54) is 18.2 Å². The maximum absolute atomic E-state index is 11.1. The van der Waals surface area contributed by atoms with E-state index >= 15 is 0 Å². The third-order valence-corrected chi connectivity index (χ3v) is 3.30. The molecule has 0 spiro atoms. The number of carboxylic acids is 1. The van der Waals surface area contributed by atoms with Crippen molar-refractivity contribution in [3.05, 3.63) is 32.8 Å². The molecule has 0 saturated heterocycles. The van der Waals surface area contributed by atoms with E-state index < -0.39 is 16.9 Å². The van der Waals surface area contributed by atoms with Crippen LogP contribution in [0.25, 0.3) is 0 Å². The van der Waals surface area contributed by atoms with Crippen LogP contribution in [0.2, 0.25) is 0 Å². The Balaban J connectivity index is 3.10. The molecule has 98 valence electrons. The van der Waals surface area contributed by atoms with Crippen LogP contribution in [0.4, 0.5) is 11.4 Å². The summed E-state index contributed by atoms with van der Waals surface area (Å²) in [6, 6.07) is 3.59. The first-order valence-electron chi connectivity index (χ1n) is 5.28. The molecule has 7 heteroatoms. The zero-order chi connectivity index (χ0) is 13.9. The maximum atomic E-state index is 11.1. The van der Waals surface area contributed by atoms with Crippen LogP contribution in [0.15, 0.2) is 22.7 Å². The van der Waals surface area contributed by atoms with Crippen LogP contribution in [0, 0.1) is 10.1 Å². The predicted octanol–water partition coefficient (Wildman–Crippen LogP) is 2.66. The van der Waals surface area contributed by atoms with Gasteiger partial charge in [-0.1, -0.05) is 6.92 Å². The van der Waals surface area contributed by atoms with Crippen LogP contribution < -0.4 is 4.90 Å². The van der Waals surface area contributed by atoms with Crippen molar-refractivity contribution in [1.82, 2.24) is 0 Å². The topological polar surface area (TPSA) is 83.7 Å². The van der Waals surface area contributed by atoms with Crippen LogP contribution >= 0.6 is 15.9 Å². The molecule has 1 unspecified atom stereocenters. The number of carbonyl (C=O) groups is 1. The van der Waals surface area contributed by atoms with Crippen LogP contribution in [-0.2, 0) is 4.79 Å². The van der Waals surface area contributed by atoms with Gasteiger partial charge in [0.25, 0.3) is 5.69 Å². The van der Waals surface area contributed by atoms with Gasteiger partial charge in [-0.2, -0.15) is 0 Å². The van der Waals surface area contributed by atoms with Gasteiger partial charge < -0.3 is 10.0 Å². The van der Waals surface area contributed by atoms with Crippen molar-refractivity contribution in [1.29, 1.82) is 0 Å². The van der Waals surface area contributed by atoms with Crippen molar-refractivity contribution < 1.29 is 14.8 Å². The summed E-state index contributed by atoms with van der Waals surface area (Å²) in [5.74, 6) is -0.926. The molecule has 0 heterocycles. The number of nitrogens with zero attached hydrogens (tertiary/aromatic N) is 2. The summed E-state index contributed by atoms with van der Waals surface area (Å²) in [6.45, 7) is 1.77.